The minimum absolute atomic E-state index is 0.328. The molecule has 0 saturated carbocycles. The molecular formula is C28H37N3O13. The zero-order valence-corrected chi connectivity index (χ0v) is 25.3. The van der Waals surface area contributed by atoms with E-state index in [0.717, 1.165) is 34.5 Å². The number of methoxy groups -OCH3 is 6. The zero-order chi connectivity index (χ0) is 33.2. The highest BCUT2D eigenvalue weighted by Crippen LogP contribution is 2.27. The lowest BCUT2D eigenvalue weighted by molar-refractivity contribution is -0.151. The van der Waals surface area contributed by atoms with Gasteiger partial charge in [-0.3, -0.25) is 24.0 Å². The third-order valence-corrected chi connectivity index (χ3v) is 5.95. The average Bonchev–Trinajstić information content (AvgIpc) is 3.03. The van der Waals surface area contributed by atoms with E-state index in [1.54, 1.807) is 18.2 Å². The molecule has 0 aromatic heterocycles. The normalized spacial score (nSPS) is 12.5. The van der Waals surface area contributed by atoms with Crippen molar-refractivity contribution in [1.29, 1.82) is 0 Å². The molecule has 0 heterocycles. The van der Waals surface area contributed by atoms with Crippen LogP contribution in [-0.4, -0.2) is 102 Å². The van der Waals surface area contributed by atoms with Crippen molar-refractivity contribution in [2.45, 2.75) is 43.8 Å². The molecule has 3 amide bonds. The van der Waals surface area contributed by atoms with Crippen LogP contribution in [0.2, 0.25) is 0 Å². The van der Waals surface area contributed by atoms with Gasteiger partial charge in [0.1, 0.15) is 18.1 Å². The van der Waals surface area contributed by atoms with E-state index in [4.69, 9.17) is 9.47 Å². The molecule has 0 radical (unpaired) electrons. The van der Waals surface area contributed by atoms with E-state index in [9.17, 15) is 33.6 Å². The highest BCUT2D eigenvalue weighted by molar-refractivity contribution is 5.97. The minimum atomic E-state index is -1.46. The summed E-state index contributed by atoms with van der Waals surface area (Å²) in [6, 6.07) is 0.650. The second-order valence-electron chi connectivity index (χ2n) is 8.84. The van der Waals surface area contributed by atoms with E-state index >= 15 is 0 Å². The van der Waals surface area contributed by atoms with Crippen molar-refractivity contribution in [3.63, 3.8) is 0 Å². The number of hydrogen-bond acceptors (Lipinski definition) is 13. The van der Waals surface area contributed by atoms with Gasteiger partial charge in [0, 0.05) is 12.5 Å². The Kier molecular flexibility index (Phi) is 16.0. The quantitative estimate of drug-likeness (QED) is 0.113. The first kappa shape index (κ1) is 36.9. The van der Waals surface area contributed by atoms with Gasteiger partial charge in [-0.25, -0.2) is 9.59 Å². The van der Waals surface area contributed by atoms with E-state index in [2.05, 4.69) is 34.9 Å². The molecule has 44 heavy (non-hydrogen) atoms. The predicted octanol–water partition coefficient (Wildman–Crippen LogP) is -0.576. The monoisotopic (exact) mass is 623 g/mol. The number of hydrogen-bond donors (Lipinski definition) is 3. The molecule has 16 heteroatoms. The largest absolute Gasteiger partial charge is 0.493 e. The molecule has 3 N–H and O–H groups in total. The Morgan fingerprint density at radius 1 is 0.682 bits per heavy atom. The van der Waals surface area contributed by atoms with Crippen molar-refractivity contribution in [1.82, 2.24) is 16.0 Å². The zero-order valence-electron chi connectivity index (χ0n) is 25.3. The molecule has 0 spiro atoms. The van der Waals surface area contributed by atoms with Gasteiger partial charge in [-0.2, -0.15) is 0 Å². The summed E-state index contributed by atoms with van der Waals surface area (Å²) in [4.78, 5) is 86.2. The lowest BCUT2D eigenvalue weighted by Crippen LogP contribution is -2.52. The number of benzene rings is 1. The van der Waals surface area contributed by atoms with Crippen molar-refractivity contribution in [2.24, 2.45) is 0 Å². The third-order valence-electron chi connectivity index (χ3n) is 5.95. The first-order valence-corrected chi connectivity index (χ1v) is 13.0. The Labute approximate surface area is 253 Å². The van der Waals surface area contributed by atoms with Gasteiger partial charge in [0.25, 0.3) is 0 Å². The molecule has 3 atom stereocenters. The first-order chi connectivity index (χ1) is 20.9. The Hall–Kier alpha value is -5.15. The molecule has 0 aliphatic rings. The number of amides is 3. The van der Waals surface area contributed by atoms with Crippen LogP contribution in [0.3, 0.4) is 0 Å². The summed E-state index contributed by atoms with van der Waals surface area (Å²) in [7, 11) is 7.22. The fourth-order valence-corrected chi connectivity index (χ4v) is 3.60. The first-order valence-electron chi connectivity index (χ1n) is 13.0. The summed E-state index contributed by atoms with van der Waals surface area (Å²) in [5.41, 5.74) is 0.557. The molecule has 1 rings (SSSR count). The molecule has 242 valence electrons. The molecular weight excluding hydrogens is 586 g/mol. The van der Waals surface area contributed by atoms with Gasteiger partial charge in [-0.1, -0.05) is 6.07 Å². The van der Waals surface area contributed by atoms with Crippen LogP contribution >= 0.6 is 0 Å². The summed E-state index contributed by atoms with van der Waals surface area (Å²) < 4.78 is 28.7. The number of ether oxygens (including phenoxy) is 6. The predicted molar refractivity (Wildman–Crippen MR) is 151 cm³/mol. The van der Waals surface area contributed by atoms with Gasteiger partial charge in [0.2, 0.25) is 17.7 Å². The van der Waals surface area contributed by atoms with Gasteiger partial charge in [0.15, 0.2) is 11.5 Å². The summed E-state index contributed by atoms with van der Waals surface area (Å²) in [5.74, 6) is -5.03. The summed E-state index contributed by atoms with van der Waals surface area (Å²) in [6.07, 6.45) is 0.728. The Morgan fingerprint density at radius 2 is 1.23 bits per heavy atom. The van der Waals surface area contributed by atoms with Crippen LogP contribution in [0, 0.1) is 0 Å². The maximum Gasteiger partial charge on any atom is 0.328 e. The van der Waals surface area contributed by atoms with Crippen molar-refractivity contribution in [3.05, 3.63) is 29.8 Å². The molecule has 1 aromatic rings. The van der Waals surface area contributed by atoms with Crippen molar-refractivity contribution >= 4 is 47.7 Å². The summed E-state index contributed by atoms with van der Waals surface area (Å²) in [6.45, 7) is 0. The minimum Gasteiger partial charge on any atom is -0.493 e. The van der Waals surface area contributed by atoms with Gasteiger partial charge >= 0.3 is 23.9 Å². The Bertz CT molecular complexity index is 1230. The summed E-state index contributed by atoms with van der Waals surface area (Å²) >= 11 is 0. The van der Waals surface area contributed by atoms with E-state index in [-0.39, 0.29) is 6.42 Å². The number of rotatable bonds is 17. The second kappa shape index (κ2) is 19.1. The highest BCUT2D eigenvalue weighted by Gasteiger charge is 2.30. The average molecular weight is 624 g/mol. The van der Waals surface area contributed by atoms with Gasteiger partial charge in [0.05, 0.1) is 55.5 Å². The molecule has 0 aliphatic heterocycles. The van der Waals surface area contributed by atoms with Crippen molar-refractivity contribution in [2.75, 3.05) is 42.7 Å². The van der Waals surface area contributed by atoms with Gasteiger partial charge < -0.3 is 44.4 Å². The molecule has 1 aromatic carbocycles. The van der Waals surface area contributed by atoms with E-state index < -0.39 is 79.0 Å². The third kappa shape index (κ3) is 12.4. The van der Waals surface area contributed by atoms with Crippen LogP contribution in [0.15, 0.2) is 24.3 Å². The van der Waals surface area contributed by atoms with Crippen molar-refractivity contribution < 1.29 is 62.0 Å². The molecule has 2 unspecified atom stereocenters. The Morgan fingerprint density at radius 3 is 1.73 bits per heavy atom. The number of carbonyl (C=O) groups excluding carboxylic acids is 7. The second-order valence-corrected chi connectivity index (χ2v) is 8.84. The molecule has 0 bridgehead atoms. The molecule has 16 nitrogen and oxygen atoms in total. The van der Waals surface area contributed by atoms with Gasteiger partial charge in [-0.05, 0) is 30.2 Å². The van der Waals surface area contributed by atoms with Crippen LogP contribution < -0.4 is 25.4 Å². The van der Waals surface area contributed by atoms with Crippen LogP contribution in [0.1, 0.15) is 31.2 Å². The van der Waals surface area contributed by atoms with Crippen LogP contribution in [0.5, 0.6) is 11.5 Å². The summed E-state index contributed by atoms with van der Waals surface area (Å²) in [5, 5.41) is 7.08. The van der Waals surface area contributed by atoms with E-state index in [1.165, 1.54) is 20.3 Å². The maximum absolute atomic E-state index is 13.2. The number of esters is 4. The lowest BCUT2D eigenvalue weighted by Gasteiger charge is -2.22. The topological polar surface area (TPSA) is 211 Å². The SMILES string of the molecule is COC(=O)CC(NC(=O)CC[C@H](NC(=O)/C=C/c1ccc(OC)c(OC)c1)C(=O)NC(CC(=O)OC)C(=O)OC)C(=O)OC. The number of carbonyl (C=O) groups is 7. The molecule has 0 saturated heterocycles. The highest BCUT2D eigenvalue weighted by atomic mass is 16.5. The smallest absolute Gasteiger partial charge is 0.328 e. The standard InChI is InChI=1S/C28H37N3O13/c1-39-20-10-7-16(13-21(20)40-2)8-11-22(32)29-17(26(36)31-19(28(38)44-6)15-25(35)42-4)9-12-23(33)30-18(27(37)43-5)14-24(34)41-3/h7-8,10-11,13,17-19H,9,12,14-15H2,1-6H3,(H,29,32)(H,30,33)(H,31,36)/b11-8+/t17-,18?,19?/m0/s1. The molecule has 0 aliphatic carbocycles. The van der Waals surface area contributed by atoms with E-state index in [1.807, 2.05) is 0 Å². The number of nitrogens with one attached hydrogen (secondary N) is 3. The maximum atomic E-state index is 13.2. The van der Waals surface area contributed by atoms with Crippen LogP contribution in [-0.2, 0) is 52.5 Å². The van der Waals surface area contributed by atoms with Crippen LogP contribution in [0.25, 0.3) is 6.08 Å². The molecule has 0 fully saturated rings. The van der Waals surface area contributed by atoms with E-state index in [0.29, 0.717) is 17.1 Å². The lowest BCUT2D eigenvalue weighted by atomic mass is 10.1. The van der Waals surface area contributed by atoms with Gasteiger partial charge in [-0.15, -0.1) is 0 Å². The van der Waals surface area contributed by atoms with Crippen molar-refractivity contribution in [3.8, 4) is 11.5 Å². The fraction of sp³-hybridized carbons (Fsp3) is 0.464. The van der Waals surface area contributed by atoms with Crippen LogP contribution in [0.4, 0.5) is 0 Å². The fourth-order valence-electron chi connectivity index (χ4n) is 3.60. The Balaban J connectivity index is 3.15.